The van der Waals surface area contributed by atoms with Crippen LogP contribution in [0.2, 0.25) is 0 Å². The van der Waals surface area contributed by atoms with Crippen LogP contribution in [0.15, 0.2) is 30.3 Å². The molecule has 0 aliphatic rings. The molecule has 7 nitrogen and oxygen atoms in total. The second-order valence-electron chi connectivity index (χ2n) is 6.42. The first-order valence-electron chi connectivity index (χ1n) is 8.61. The third-order valence-corrected chi connectivity index (χ3v) is 5.35. The lowest BCUT2D eigenvalue weighted by Crippen LogP contribution is -2.24. The van der Waals surface area contributed by atoms with Crippen molar-refractivity contribution in [2.75, 3.05) is 34.1 Å². The number of benzene rings is 3. The van der Waals surface area contributed by atoms with E-state index in [4.69, 9.17) is 14.2 Å². The Balaban J connectivity index is 2.25. The smallest absolute Gasteiger partial charge is 0.208 e. The van der Waals surface area contributed by atoms with E-state index in [1.807, 2.05) is 24.3 Å². The Morgan fingerprint density at radius 3 is 2.18 bits per heavy atom. The lowest BCUT2D eigenvalue weighted by atomic mass is 9.95. The monoisotopic (exact) mass is 405 g/mol. The Morgan fingerprint density at radius 2 is 1.57 bits per heavy atom. The quantitative estimate of drug-likeness (QED) is 0.587. The fraction of sp³-hybridized carbons (Fsp3) is 0.300. The molecule has 0 saturated heterocycles. The van der Waals surface area contributed by atoms with Crippen molar-refractivity contribution < 1.29 is 27.7 Å². The van der Waals surface area contributed by atoms with E-state index in [0.717, 1.165) is 28.0 Å². The summed E-state index contributed by atoms with van der Waals surface area (Å²) in [5.74, 6) is 1.48. The van der Waals surface area contributed by atoms with Crippen LogP contribution < -0.4 is 18.9 Å². The fourth-order valence-electron chi connectivity index (χ4n) is 3.33. The first-order valence-corrected chi connectivity index (χ1v) is 10.5. The van der Waals surface area contributed by atoms with Gasteiger partial charge in [-0.1, -0.05) is 12.1 Å². The first-order chi connectivity index (χ1) is 13.3. The molecule has 2 N–H and O–H groups in total. The van der Waals surface area contributed by atoms with E-state index in [-0.39, 0.29) is 12.3 Å². The summed E-state index contributed by atoms with van der Waals surface area (Å²) in [6, 6.07) is 9.22. The molecule has 8 heteroatoms. The molecule has 0 spiro atoms. The number of ether oxygens (including phenoxy) is 3. The summed E-state index contributed by atoms with van der Waals surface area (Å²) in [6.07, 6.45) is 1.56. The van der Waals surface area contributed by atoms with Crippen LogP contribution in [0.4, 0.5) is 0 Å². The molecule has 3 aromatic carbocycles. The summed E-state index contributed by atoms with van der Waals surface area (Å²) in [5, 5.41) is 13.9. The van der Waals surface area contributed by atoms with Crippen LogP contribution in [0.25, 0.3) is 21.5 Å². The number of fused-ring (bicyclic) bond motifs is 3. The normalized spacial score (nSPS) is 11.7. The summed E-state index contributed by atoms with van der Waals surface area (Å²) in [5.41, 5.74) is 0.859. The van der Waals surface area contributed by atoms with Gasteiger partial charge in [0.05, 0.1) is 27.6 Å². The van der Waals surface area contributed by atoms with Crippen LogP contribution in [-0.2, 0) is 16.4 Å². The lowest BCUT2D eigenvalue weighted by Gasteiger charge is -2.16. The second-order valence-corrected chi connectivity index (χ2v) is 8.25. The molecular weight excluding hydrogens is 382 g/mol. The van der Waals surface area contributed by atoms with Gasteiger partial charge in [0.15, 0.2) is 23.0 Å². The van der Waals surface area contributed by atoms with Crippen LogP contribution in [0.3, 0.4) is 0 Å². The molecule has 0 radical (unpaired) electrons. The van der Waals surface area contributed by atoms with Gasteiger partial charge in [0, 0.05) is 11.9 Å². The Morgan fingerprint density at radius 1 is 0.929 bits per heavy atom. The highest BCUT2D eigenvalue weighted by Crippen LogP contribution is 2.43. The van der Waals surface area contributed by atoms with Crippen molar-refractivity contribution in [2.24, 2.45) is 0 Å². The summed E-state index contributed by atoms with van der Waals surface area (Å²) >= 11 is 0. The molecule has 150 valence electrons. The van der Waals surface area contributed by atoms with Gasteiger partial charge < -0.3 is 19.3 Å². The van der Waals surface area contributed by atoms with Gasteiger partial charge in [-0.25, -0.2) is 13.1 Å². The Labute approximate surface area is 163 Å². The highest BCUT2D eigenvalue weighted by Gasteiger charge is 2.17. The highest BCUT2D eigenvalue weighted by molar-refractivity contribution is 7.88. The fourth-order valence-corrected chi connectivity index (χ4v) is 3.81. The largest absolute Gasteiger partial charge is 0.504 e. The third-order valence-electron chi connectivity index (χ3n) is 4.62. The molecule has 28 heavy (non-hydrogen) atoms. The van der Waals surface area contributed by atoms with Gasteiger partial charge in [-0.2, -0.15) is 0 Å². The number of phenols is 1. The topological polar surface area (TPSA) is 94.1 Å². The Kier molecular flexibility index (Phi) is 5.53. The van der Waals surface area contributed by atoms with Crippen molar-refractivity contribution in [3.05, 3.63) is 35.9 Å². The van der Waals surface area contributed by atoms with Crippen molar-refractivity contribution in [1.29, 1.82) is 0 Å². The number of methoxy groups -OCH3 is 3. The number of hydrogen-bond acceptors (Lipinski definition) is 6. The van der Waals surface area contributed by atoms with E-state index < -0.39 is 10.0 Å². The van der Waals surface area contributed by atoms with E-state index >= 15 is 0 Å². The minimum absolute atomic E-state index is 0.0233. The molecular formula is C20H23NO6S. The van der Waals surface area contributed by atoms with Crippen LogP contribution in [0.5, 0.6) is 23.0 Å². The molecule has 3 rings (SSSR count). The molecule has 0 amide bonds. The molecule has 0 heterocycles. The van der Waals surface area contributed by atoms with Crippen LogP contribution in [0, 0.1) is 0 Å². The number of aromatic hydroxyl groups is 1. The molecule has 0 fully saturated rings. The van der Waals surface area contributed by atoms with E-state index in [1.54, 1.807) is 20.3 Å². The second kappa shape index (κ2) is 7.73. The number of nitrogens with one attached hydrogen (secondary N) is 1. The van der Waals surface area contributed by atoms with Crippen molar-refractivity contribution in [3.8, 4) is 23.0 Å². The molecule has 0 unspecified atom stereocenters. The maximum atomic E-state index is 11.4. The van der Waals surface area contributed by atoms with Crippen molar-refractivity contribution >= 4 is 31.6 Å². The predicted molar refractivity (Wildman–Crippen MR) is 109 cm³/mol. The van der Waals surface area contributed by atoms with Gasteiger partial charge in [0.2, 0.25) is 10.0 Å². The molecule has 0 aliphatic heterocycles. The molecule has 0 atom stereocenters. The predicted octanol–water partition coefficient (Wildman–Crippen LogP) is 2.82. The average molecular weight is 405 g/mol. The van der Waals surface area contributed by atoms with E-state index in [0.29, 0.717) is 29.1 Å². The minimum Gasteiger partial charge on any atom is -0.504 e. The lowest BCUT2D eigenvalue weighted by molar-refractivity contribution is 0.356. The zero-order valence-corrected chi connectivity index (χ0v) is 17.0. The van der Waals surface area contributed by atoms with E-state index in [9.17, 15) is 13.5 Å². The number of phenolic OH excluding ortho intramolecular Hbond substituents is 1. The van der Waals surface area contributed by atoms with Crippen LogP contribution in [-0.4, -0.2) is 47.7 Å². The summed E-state index contributed by atoms with van der Waals surface area (Å²) in [4.78, 5) is 0. The van der Waals surface area contributed by atoms with Crippen LogP contribution in [0.1, 0.15) is 5.56 Å². The van der Waals surface area contributed by atoms with Crippen molar-refractivity contribution in [1.82, 2.24) is 4.72 Å². The van der Waals surface area contributed by atoms with Gasteiger partial charge in [-0.15, -0.1) is 0 Å². The third kappa shape index (κ3) is 3.79. The minimum atomic E-state index is -3.28. The van der Waals surface area contributed by atoms with E-state index in [2.05, 4.69) is 4.72 Å². The zero-order chi connectivity index (χ0) is 20.5. The average Bonchev–Trinajstić information content (AvgIpc) is 2.66. The van der Waals surface area contributed by atoms with Crippen molar-refractivity contribution in [2.45, 2.75) is 6.42 Å². The maximum Gasteiger partial charge on any atom is 0.208 e. The van der Waals surface area contributed by atoms with Gasteiger partial charge in [0.25, 0.3) is 0 Å². The summed E-state index contributed by atoms with van der Waals surface area (Å²) in [6.45, 7) is 0.242. The molecule has 3 aromatic rings. The summed E-state index contributed by atoms with van der Waals surface area (Å²) < 4.78 is 41.3. The maximum absolute atomic E-state index is 11.4. The highest BCUT2D eigenvalue weighted by atomic mass is 32.2. The standard InChI is InChI=1S/C20H23NO6S/c1-25-16-9-12-5-6-14-13(7-8-21-28(4,23)24)10-18(27-3)20(22)19(14)15(12)11-17(16)26-2/h5-6,9-11,21-22H,7-8H2,1-4H3. The molecule has 0 aromatic heterocycles. The number of rotatable bonds is 7. The van der Waals surface area contributed by atoms with Gasteiger partial charge in [0.1, 0.15) is 0 Å². The molecule has 0 bridgehead atoms. The number of hydrogen-bond donors (Lipinski definition) is 2. The van der Waals surface area contributed by atoms with Gasteiger partial charge in [-0.05, 0) is 46.3 Å². The van der Waals surface area contributed by atoms with Crippen molar-refractivity contribution in [3.63, 3.8) is 0 Å². The van der Waals surface area contributed by atoms with Gasteiger partial charge in [-0.3, -0.25) is 0 Å². The number of sulfonamides is 1. The molecule has 0 aliphatic carbocycles. The Hall–Kier alpha value is -2.71. The zero-order valence-electron chi connectivity index (χ0n) is 16.2. The first kappa shape index (κ1) is 20.0. The SMILES string of the molecule is COc1cc2ccc3c(CCNS(C)(=O)=O)cc(OC)c(O)c3c2cc1OC. The van der Waals surface area contributed by atoms with E-state index in [1.165, 1.54) is 7.11 Å². The summed E-state index contributed by atoms with van der Waals surface area (Å²) in [7, 11) is 1.32. The molecule has 0 saturated carbocycles. The van der Waals surface area contributed by atoms with Gasteiger partial charge >= 0.3 is 0 Å². The van der Waals surface area contributed by atoms with Crippen LogP contribution >= 0.6 is 0 Å². The Bertz CT molecular complexity index is 1140.